The smallest absolute Gasteiger partial charge is 0.335 e. The van der Waals surface area contributed by atoms with E-state index in [-0.39, 0.29) is 17.0 Å². The van der Waals surface area contributed by atoms with Gasteiger partial charge in [0.2, 0.25) is 0 Å². The Morgan fingerprint density at radius 3 is 2.20 bits per heavy atom. The molecule has 102 valence electrons. The standard InChI is InChI=1S/C15H12FNO3/c1-9(18)10-2-5-12(6-3-10)17-14-8-11(15(19)20)4-7-13(14)16/h2-8,17H,1H3,(H,19,20). The third-order valence-electron chi connectivity index (χ3n) is 2.78. The third-order valence-corrected chi connectivity index (χ3v) is 2.78. The fraction of sp³-hybridized carbons (Fsp3) is 0.0667. The van der Waals surface area contributed by atoms with Crippen LogP contribution in [-0.2, 0) is 0 Å². The number of anilines is 2. The topological polar surface area (TPSA) is 66.4 Å². The predicted octanol–water partition coefficient (Wildman–Crippen LogP) is 3.47. The van der Waals surface area contributed by atoms with Crippen molar-refractivity contribution < 1.29 is 19.1 Å². The number of Topliss-reactive ketones (excluding diaryl/α,β-unsaturated/α-hetero) is 1. The van der Waals surface area contributed by atoms with E-state index in [0.717, 1.165) is 6.07 Å². The zero-order valence-electron chi connectivity index (χ0n) is 10.7. The summed E-state index contributed by atoms with van der Waals surface area (Å²) in [6.07, 6.45) is 0. The van der Waals surface area contributed by atoms with Crippen LogP contribution in [0.15, 0.2) is 42.5 Å². The van der Waals surface area contributed by atoms with Crippen LogP contribution in [0.25, 0.3) is 0 Å². The summed E-state index contributed by atoms with van der Waals surface area (Å²) in [5.74, 6) is -1.73. The minimum absolute atomic E-state index is 0.00532. The van der Waals surface area contributed by atoms with Gasteiger partial charge in [0.1, 0.15) is 5.82 Å². The molecule has 0 aromatic heterocycles. The number of ketones is 1. The van der Waals surface area contributed by atoms with Crippen molar-refractivity contribution in [1.29, 1.82) is 0 Å². The van der Waals surface area contributed by atoms with E-state index in [1.807, 2.05) is 0 Å². The highest BCUT2D eigenvalue weighted by atomic mass is 19.1. The Kier molecular flexibility index (Phi) is 3.79. The molecule has 4 nitrogen and oxygen atoms in total. The van der Waals surface area contributed by atoms with Crippen LogP contribution in [0.1, 0.15) is 27.6 Å². The van der Waals surface area contributed by atoms with Crippen molar-refractivity contribution in [1.82, 2.24) is 0 Å². The molecule has 0 aliphatic heterocycles. The molecule has 2 aromatic carbocycles. The average molecular weight is 273 g/mol. The first-order chi connectivity index (χ1) is 9.47. The Morgan fingerprint density at radius 1 is 1.05 bits per heavy atom. The highest BCUT2D eigenvalue weighted by Gasteiger charge is 2.08. The molecule has 0 bridgehead atoms. The normalized spacial score (nSPS) is 10.1. The highest BCUT2D eigenvalue weighted by Crippen LogP contribution is 2.22. The van der Waals surface area contributed by atoms with Crippen molar-refractivity contribution in [2.75, 3.05) is 5.32 Å². The summed E-state index contributed by atoms with van der Waals surface area (Å²) in [5, 5.41) is 11.7. The lowest BCUT2D eigenvalue weighted by Gasteiger charge is -2.09. The number of hydrogen-bond acceptors (Lipinski definition) is 3. The van der Waals surface area contributed by atoms with Crippen LogP contribution in [0.4, 0.5) is 15.8 Å². The molecule has 0 saturated heterocycles. The second-order valence-electron chi connectivity index (χ2n) is 4.26. The van der Waals surface area contributed by atoms with E-state index in [9.17, 15) is 14.0 Å². The molecule has 0 spiro atoms. The summed E-state index contributed by atoms with van der Waals surface area (Å²) in [6, 6.07) is 9.99. The Labute approximate surface area is 114 Å². The van der Waals surface area contributed by atoms with Gasteiger partial charge in [0.25, 0.3) is 0 Å². The lowest BCUT2D eigenvalue weighted by atomic mass is 10.1. The molecular formula is C15H12FNO3. The van der Waals surface area contributed by atoms with Gasteiger partial charge < -0.3 is 10.4 Å². The number of aromatic carboxylic acids is 1. The molecule has 20 heavy (non-hydrogen) atoms. The van der Waals surface area contributed by atoms with Crippen LogP contribution >= 0.6 is 0 Å². The molecule has 0 fully saturated rings. The average Bonchev–Trinajstić information content (AvgIpc) is 2.41. The van der Waals surface area contributed by atoms with E-state index in [1.165, 1.54) is 19.1 Å². The van der Waals surface area contributed by atoms with Gasteiger partial charge in [0.05, 0.1) is 11.3 Å². The van der Waals surface area contributed by atoms with Gasteiger partial charge in [-0.2, -0.15) is 0 Å². The molecule has 0 aliphatic rings. The van der Waals surface area contributed by atoms with Gasteiger partial charge in [0.15, 0.2) is 5.78 Å². The number of carbonyl (C=O) groups excluding carboxylic acids is 1. The van der Waals surface area contributed by atoms with Gasteiger partial charge in [-0.15, -0.1) is 0 Å². The SMILES string of the molecule is CC(=O)c1ccc(Nc2cc(C(=O)O)ccc2F)cc1. The minimum atomic E-state index is -1.13. The number of carboxylic acid groups (broad SMARTS) is 1. The Morgan fingerprint density at radius 2 is 1.65 bits per heavy atom. The quantitative estimate of drug-likeness (QED) is 0.837. The molecule has 0 aliphatic carbocycles. The van der Waals surface area contributed by atoms with E-state index in [1.54, 1.807) is 24.3 Å². The van der Waals surface area contributed by atoms with Crippen molar-refractivity contribution in [2.45, 2.75) is 6.92 Å². The van der Waals surface area contributed by atoms with E-state index in [2.05, 4.69) is 5.32 Å². The van der Waals surface area contributed by atoms with Crippen LogP contribution in [-0.4, -0.2) is 16.9 Å². The third kappa shape index (κ3) is 3.00. The summed E-state index contributed by atoms with van der Waals surface area (Å²) >= 11 is 0. The largest absolute Gasteiger partial charge is 0.478 e. The van der Waals surface area contributed by atoms with Gasteiger partial charge in [-0.1, -0.05) is 0 Å². The maximum atomic E-state index is 13.6. The van der Waals surface area contributed by atoms with Gasteiger partial charge in [-0.05, 0) is 49.4 Å². The number of carboxylic acids is 1. The number of hydrogen-bond donors (Lipinski definition) is 2. The number of rotatable bonds is 4. The maximum absolute atomic E-state index is 13.6. The fourth-order valence-electron chi connectivity index (χ4n) is 1.70. The molecule has 2 aromatic rings. The van der Waals surface area contributed by atoms with Gasteiger partial charge in [0, 0.05) is 11.3 Å². The Hall–Kier alpha value is -2.69. The molecule has 0 heterocycles. The number of halogens is 1. The monoisotopic (exact) mass is 273 g/mol. The summed E-state index contributed by atoms with van der Waals surface area (Å²) in [5.41, 5.74) is 1.18. The zero-order valence-corrected chi connectivity index (χ0v) is 10.7. The maximum Gasteiger partial charge on any atom is 0.335 e. The zero-order chi connectivity index (χ0) is 14.7. The number of benzene rings is 2. The molecule has 2 rings (SSSR count). The lowest BCUT2D eigenvalue weighted by molar-refractivity contribution is 0.0696. The first kappa shape index (κ1) is 13.7. The van der Waals surface area contributed by atoms with Crippen molar-refractivity contribution in [3.8, 4) is 0 Å². The highest BCUT2D eigenvalue weighted by molar-refractivity contribution is 5.94. The van der Waals surface area contributed by atoms with Crippen molar-refractivity contribution >= 4 is 23.1 Å². The molecule has 2 N–H and O–H groups in total. The molecular weight excluding hydrogens is 261 g/mol. The van der Waals surface area contributed by atoms with Crippen LogP contribution < -0.4 is 5.32 Å². The summed E-state index contributed by atoms with van der Waals surface area (Å²) in [4.78, 5) is 22.0. The second-order valence-corrected chi connectivity index (χ2v) is 4.26. The van der Waals surface area contributed by atoms with E-state index < -0.39 is 11.8 Å². The van der Waals surface area contributed by atoms with Gasteiger partial charge >= 0.3 is 5.97 Å². The van der Waals surface area contributed by atoms with E-state index in [0.29, 0.717) is 11.3 Å². The number of nitrogens with one attached hydrogen (secondary N) is 1. The van der Waals surface area contributed by atoms with Crippen molar-refractivity contribution in [3.05, 3.63) is 59.4 Å². The second kappa shape index (κ2) is 5.52. The molecule has 5 heteroatoms. The van der Waals surface area contributed by atoms with E-state index >= 15 is 0 Å². The summed E-state index contributed by atoms with van der Waals surface area (Å²) in [7, 11) is 0. The molecule has 0 saturated carbocycles. The van der Waals surface area contributed by atoms with Crippen molar-refractivity contribution in [2.24, 2.45) is 0 Å². The molecule has 0 unspecified atom stereocenters. The summed E-state index contributed by atoms with van der Waals surface area (Å²) < 4.78 is 13.6. The predicted molar refractivity (Wildman–Crippen MR) is 73.1 cm³/mol. The summed E-state index contributed by atoms with van der Waals surface area (Å²) in [6.45, 7) is 1.46. The van der Waals surface area contributed by atoms with Crippen LogP contribution in [0.5, 0.6) is 0 Å². The molecule has 0 amide bonds. The lowest BCUT2D eigenvalue weighted by Crippen LogP contribution is -2.00. The first-order valence-corrected chi connectivity index (χ1v) is 5.88. The van der Waals surface area contributed by atoms with Crippen molar-refractivity contribution in [3.63, 3.8) is 0 Å². The van der Waals surface area contributed by atoms with Gasteiger partial charge in [-0.25, -0.2) is 9.18 Å². The van der Waals surface area contributed by atoms with Crippen LogP contribution in [0.3, 0.4) is 0 Å². The molecule has 0 radical (unpaired) electrons. The fourth-order valence-corrected chi connectivity index (χ4v) is 1.70. The van der Waals surface area contributed by atoms with Crippen LogP contribution in [0.2, 0.25) is 0 Å². The first-order valence-electron chi connectivity index (χ1n) is 5.88. The molecule has 0 atom stereocenters. The number of carbonyl (C=O) groups is 2. The minimum Gasteiger partial charge on any atom is -0.478 e. The Bertz CT molecular complexity index is 665. The Balaban J connectivity index is 2.27. The van der Waals surface area contributed by atoms with Gasteiger partial charge in [-0.3, -0.25) is 4.79 Å². The van der Waals surface area contributed by atoms with Crippen LogP contribution in [0, 0.1) is 5.82 Å². The van der Waals surface area contributed by atoms with E-state index in [4.69, 9.17) is 5.11 Å².